The van der Waals surface area contributed by atoms with Crippen LogP contribution < -0.4 is 5.73 Å². The van der Waals surface area contributed by atoms with Crippen molar-refractivity contribution >= 4 is 28.4 Å². The standard InChI is InChI=1S/C14H25IN2O/c1-10-3-2-8-17(14(10)16)9-13(18)11-4-6-12(15)7-5-11/h10-12,14H,2-9,16H2,1H3. The maximum absolute atomic E-state index is 12.3. The Hall–Kier alpha value is 0.320. The Labute approximate surface area is 124 Å². The van der Waals surface area contributed by atoms with Gasteiger partial charge in [0.05, 0.1) is 12.7 Å². The van der Waals surface area contributed by atoms with Crippen LogP contribution in [0.1, 0.15) is 45.4 Å². The molecule has 18 heavy (non-hydrogen) atoms. The van der Waals surface area contributed by atoms with E-state index in [2.05, 4.69) is 34.4 Å². The number of piperidine rings is 1. The normalized spacial score (nSPS) is 38.6. The molecule has 2 N–H and O–H groups in total. The van der Waals surface area contributed by atoms with Crippen molar-refractivity contribution in [3.05, 3.63) is 0 Å². The molecule has 0 aromatic heterocycles. The first kappa shape index (κ1) is 14.7. The number of halogens is 1. The van der Waals surface area contributed by atoms with Gasteiger partial charge in [0, 0.05) is 16.4 Å². The van der Waals surface area contributed by atoms with Crippen molar-refractivity contribution in [2.24, 2.45) is 17.6 Å². The van der Waals surface area contributed by atoms with E-state index in [9.17, 15) is 4.79 Å². The fourth-order valence-electron chi connectivity index (χ4n) is 3.18. The van der Waals surface area contributed by atoms with E-state index in [4.69, 9.17) is 5.73 Å². The Kier molecular flexibility index (Phi) is 5.45. The van der Waals surface area contributed by atoms with E-state index in [0.717, 1.165) is 23.3 Å². The quantitative estimate of drug-likeness (QED) is 0.619. The third-order valence-corrected chi connectivity index (χ3v) is 5.83. The van der Waals surface area contributed by atoms with E-state index in [1.54, 1.807) is 0 Å². The number of rotatable bonds is 3. The SMILES string of the molecule is CC1CCCN(CC(=O)C2CCC(I)CC2)C1N. The summed E-state index contributed by atoms with van der Waals surface area (Å²) in [5.74, 6) is 1.26. The summed E-state index contributed by atoms with van der Waals surface area (Å²) < 4.78 is 0.781. The van der Waals surface area contributed by atoms with Gasteiger partial charge in [-0.05, 0) is 44.4 Å². The molecule has 0 aromatic rings. The van der Waals surface area contributed by atoms with Crippen LogP contribution in [0.4, 0.5) is 0 Å². The fourth-order valence-corrected chi connectivity index (χ4v) is 3.90. The molecule has 3 nitrogen and oxygen atoms in total. The number of carbonyl (C=O) groups excluding carboxylic acids is 1. The highest BCUT2D eigenvalue weighted by Gasteiger charge is 2.30. The number of nitrogens with two attached hydrogens (primary N) is 1. The molecular formula is C14H25IN2O. The number of hydrogen-bond donors (Lipinski definition) is 1. The van der Waals surface area contributed by atoms with E-state index >= 15 is 0 Å². The number of alkyl halides is 1. The van der Waals surface area contributed by atoms with Gasteiger partial charge in [-0.15, -0.1) is 0 Å². The molecule has 1 saturated carbocycles. The summed E-state index contributed by atoms with van der Waals surface area (Å²) in [5.41, 5.74) is 6.19. The van der Waals surface area contributed by atoms with Gasteiger partial charge in [-0.1, -0.05) is 29.5 Å². The molecule has 2 fully saturated rings. The third-order valence-electron chi connectivity index (χ3n) is 4.58. The second-order valence-corrected chi connectivity index (χ2v) is 7.76. The summed E-state index contributed by atoms with van der Waals surface area (Å²) in [6, 6.07) is 0. The van der Waals surface area contributed by atoms with Gasteiger partial charge in [0.1, 0.15) is 5.78 Å². The first-order chi connectivity index (χ1) is 8.58. The smallest absolute Gasteiger partial charge is 0.149 e. The van der Waals surface area contributed by atoms with Crippen LogP contribution in [0.25, 0.3) is 0 Å². The number of nitrogens with zero attached hydrogens (tertiary/aromatic N) is 1. The molecule has 2 atom stereocenters. The van der Waals surface area contributed by atoms with Crippen molar-refractivity contribution < 1.29 is 4.79 Å². The molecule has 1 aliphatic heterocycles. The Balaban J connectivity index is 1.83. The largest absolute Gasteiger partial charge is 0.315 e. The minimum Gasteiger partial charge on any atom is -0.315 e. The molecule has 0 aromatic carbocycles. The Morgan fingerprint density at radius 3 is 2.61 bits per heavy atom. The number of Topliss-reactive ketones (excluding diaryl/α,β-unsaturated/α-hetero) is 1. The molecule has 2 aliphatic rings. The van der Waals surface area contributed by atoms with E-state index < -0.39 is 0 Å². The molecule has 1 heterocycles. The van der Waals surface area contributed by atoms with Crippen LogP contribution in [-0.2, 0) is 4.79 Å². The van der Waals surface area contributed by atoms with E-state index in [1.165, 1.54) is 25.7 Å². The molecule has 1 aliphatic carbocycles. The maximum Gasteiger partial charge on any atom is 0.149 e. The molecular weight excluding hydrogens is 339 g/mol. The first-order valence-electron chi connectivity index (χ1n) is 7.24. The second kappa shape index (κ2) is 6.66. The van der Waals surface area contributed by atoms with Gasteiger partial charge < -0.3 is 5.73 Å². The number of carbonyl (C=O) groups is 1. The average Bonchev–Trinajstić information content (AvgIpc) is 2.36. The van der Waals surface area contributed by atoms with Crippen LogP contribution in [0.2, 0.25) is 0 Å². The van der Waals surface area contributed by atoms with Crippen molar-refractivity contribution in [1.29, 1.82) is 0 Å². The zero-order valence-corrected chi connectivity index (χ0v) is 13.4. The fraction of sp³-hybridized carbons (Fsp3) is 0.929. The molecule has 0 spiro atoms. The summed E-state index contributed by atoms with van der Waals surface area (Å²) in [4.78, 5) is 14.5. The highest BCUT2D eigenvalue weighted by molar-refractivity contribution is 14.1. The van der Waals surface area contributed by atoms with Gasteiger partial charge >= 0.3 is 0 Å². The lowest BCUT2D eigenvalue weighted by atomic mass is 9.85. The molecule has 4 heteroatoms. The van der Waals surface area contributed by atoms with E-state index in [0.29, 0.717) is 24.2 Å². The highest BCUT2D eigenvalue weighted by Crippen LogP contribution is 2.30. The maximum atomic E-state index is 12.3. The van der Waals surface area contributed by atoms with Crippen LogP contribution in [0, 0.1) is 11.8 Å². The van der Waals surface area contributed by atoms with Crippen LogP contribution in [0.15, 0.2) is 0 Å². The number of ketones is 1. The van der Waals surface area contributed by atoms with Crippen LogP contribution >= 0.6 is 22.6 Å². The predicted molar refractivity (Wildman–Crippen MR) is 82.7 cm³/mol. The lowest BCUT2D eigenvalue weighted by Crippen LogP contribution is -2.52. The van der Waals surface area contributed by atoms with Crippen molar-refractivity contribution in [3.8, 4) is 0 Å². The van der Waals surface area contributed by atoms with Crippen LogP contribution in [0.5, 0.6) is 0 Å². The van der Waals surface area contributed by atoms with Gasteiger partial charge in [0.15, 0.2) is 0 Å². The number of likely N-dealkylation sites (tertiary alicyclic amines) is 1. The van der Waals surface area contributed by atoms with Crippen molar-refractivity contribution in [2.75, 3.05) is 13.1 Å². The van der Waals surface area contributed by atoms with Gasteiger partial charge in [-0.25, -0.2) is 0 Å². The van der Waals surface area contributed by atoms with Gasteiger partial charge in [-0.3, -0.25) is 9.69 Å². The topological polar surface area (TPSA) is 46.3 Å². The Morgan fingerprint density at radius 2 is 1.94 bits per heavy atom. The van der Waals surface area contributed by atoms with Crippen LogP contribution in [0.3, 0.4) is 0 Å². The second-order valence-electron chi connectivity index (χ2n) is 6.00. The summed E-state index contributed by atoms with van der Waals surface area (Å²) in [7, 11) is 0. The van der Waals surface area contributed by atoms with Crippen molar-refractivity contribution in [3.63, 3.8) is 0 Å². The molecule has 2 unspecified atom stereocenters. The summed E-state index contributed by atoms with van der Waals surface area (Å²) >= 11 is 2.51. The predicted octanol–water partition coefficient (Wildman–Crippen LogP) is 2.57. The lowest BCUT2D eigenvalue weighted by Gasteiger charge is -2.38. The number of hydrogen-bond acceptors (Lipinski definition) is 3. The van der Waals surface area contributed by atoms with Gasteiger partial charge in [-0.2, -0.15) is 0 Å². The third kappa shape index (κ3) is 3.67. The summed E-state index contributed by atoms with van der Waals surface area (Å²) in [6.45, 7) is 3.78. The zero-order chi connectivity index (χ0) is 13.1. The van der Waals surface area contributed by atoms with E-state index in [1.807, 2.05) is 0 Å². The van der Waals surface area contributed by atoms with Gasteiger partial charge in [0.2, 0.25) is 0 Å². The van der Waals surface area contributed by atoms with Crippen LogP contribution in [-0.4, -0.2) is 33.9 Å². The lowest BCUT2D eigenvalue weighted by molar-refractivity contribution is -0.126. The monoisotopic (exact) mass is 364 g/mol. The van der Waals surface area contributed by atoms with Crippen molar-refractivity contribution in [2.45, 2.75) is 55.5 Å². The average molecular weight is 364 g/mol. The minimum absolute atomic E-state index is 0.0867. The molecule has 0 amide bonds. The molecule has 2 rings (SSSR count). The first-order valence-corrected chi connectivity index (χ1v) is 8.49. The molecule has 0 radical (unpaired) electrons. The molecule has 1 saturated heterocycles. The van der Waals surface area contributed by atoms with Crippen molar-refractivity contribution in [1.82, 2.24) is 4.90 Å². The Bertz CT molecular complexity index is 290. The van der Waals surface area contributed by atoms with Gasteiger partial charge in [0.25, 0.3) is 0 Å². The summed E-state index contributed by atoms with van der Waals surface area (Å²) in [6.07, 6.45) is 7.06. The minimum atomic E-state index is 0.0867. The van der Waals surface area contributed by atoms with E-state index in [-0.39, 0.29) is 6.17 Å². The molecule has 104 valence electrons. The zero-order valence-electron chi connectivity index (χ0n) is 11.3. The summed E-state index contributed by atoms with van der Waals surface area (Å²) in [5, 5.41) is 0. The molecule has 0 bridgehead atoms. The highest BCUT2D eigenvalue weighted by atomic mass is 127. The Morgan fingerprint density at radius 1 is 1.28 bits per heavy atom.